The molecule has 4 aliphatic rings. The number of rotatable bonds is 3. The number of hydrogen-bond donors (Lipinski definition) is 1. The predicted octanol–water partition coefficient (Wildman–Crippen LogP) is 1.27. The normalized spacial score (nSPS) is 28.6. The zero-order valence-corrected chi connectivity index (χ0v) is 14.9. The van der Waals surface area contributed by atoms with Gasteiger partial charge in [0.1, 0.15) is 11.0 Å². The summed E-state index contributed by atoms with van der Waals surface area (Å²) in [6.45, 7) is 3.85. The Balaban J connectivity index is 1.46. The van der Waals surface area contributed by atoms with Gasteiger partial charge in [0, 0.05) is 32.7 Å². The molecule has 0 bridgehead atoms. The van der Waals surface area contributed by atoms with E-state index in [9.17, 15) is 14.9 Å². The third-order valence-electron chi connectivity index (χ3n) is 6.83. The highest BCUT2D eigenvalue weighted by molar-refractivity contribution is 5.89. The van der Waals surface area contributed by atoms with Gasteiger partial charge in [-0.25, -0.2) is 0 Å². The molecular formula is C19H28N4O2. The number of likely N-dealkylation sites (tertiary alicyclic amines) is 1. The van der Waals surface area contributed by atoms with Gasteiger partial charge in [0.15, 0.2) is 0 Å². The van der Waals surface area contributed by atoms with Crippen LogP contribution in [0.15, 0.2) is 0 Å². The van der Waals surface area contributed by atoms with Crippen molar-refractivity contribution in [1.82, 2.24) is 15.1 Å². The van der Waals surface area contributed by atoms with Crippen LogP contribution in [0.25, 0.3) is 0 Å². The van der Waals surface area contributed by atoms with Crippen molar-refractivity contribution >= 4 is 11.8 Å². The van der Waals surface area contributed by atoms with Crippen LogP contribution in [0.3, 0.4) is 0 Å². The predicted molar refractivity (Wildman–Crippen MR) is 92.4 cm³/mol. The van der Waals surface area contributed by atoms with Gasteiger partial charge in [0.05, 0.1) is 6.07 Å². The molecule has 0 radical (unpaired) electrons. The molecule has 2 aliphatic carbocycles. The molecule has 0 aromatic heterocycles. The molecule has 2 saturated heterocycles. The minimum Gasteiger partial charge on any atom is -0.353 e. The zero-order valence-electron chi connectivity index (χ0n) is 14.9. The molecule has 6 heteroatoms. The Hall–Kier alpha value is -1.61. The summed E-state index contributed by atoms with van der Waals surface area (Å²) in [6.07, 6.45) is 7.27. The van der Waals surface area contributed by atoms with E-state index >= 15 is 0 Å². The second-order valence-corrected chi connectivity index (χ2v) is 8.37. The molecule has 4 fully saturated rings. The lowest BCUT2D eigenvalue weighted by Crippen LogP contribution is -2.68. The van der Waals surface area contributed by atoms with E-state index in [1.54, 1.807) is 0 Å². The summed E-state index contributed by atoms with van der Waals surface area (Å²) in [6, 6.07) is 2.32. The van der Waals surface area contributed by atoms with Crippen molar-refractivity contribution in [3.63, 3.8) is 0 Å². The van der Waals surface area contributed by atoms with E-state index in [0.29, 0.717) is 38.8 Å². The fraction of sp³-hybridized carbons (Fsp3) is 0.842. The van der Waals surface area contributed by atoms with Crippen LogP contribution in [0.1, 0.15) is 51.4 Å². The van der Waals surface area contributed by atoms with Crippen LogP contribution < -0.4 is 5.32 Å². The van der Waals surface area contributed by atoms with Gasteiger partial charge >= 0.3 is 0 Å². The van der Waals surface area contributed by atoms with Gasteiger partial charge in [0.2, 0.25) is 11.8 Å². The zero-order chi connectivity index (χ0) is 17.5. The van der Waals surface area contributed by atoms with Crippen molar-refractivity contribution in [3.05, 3.63) is 0 Å². The fourth-order valence-corrected chi connectivity index (χ4v) is 4.98. The summed E-state index contributed by atoms with van der Waals surface area (Å²) in [7, 11) is 0. The van der Waals surface area contributed by atoms with Gasteiger partial charge < -0.3 is 10.2 Å². The Morgan fingerprint density at radius 2 is 1.84 bits per heavy atom. The van der Waals surface area contributed by atoms with E-state index in [4.69, 9.17) is 0 Å². The molecule has 25 heavy (non-hydrogen) atoms. The van der Waals surface area contributed by atoms with Crippen molar-refractivity contribution in [2.45, 2.75) is 56.9 Å². The quantitative estimate of drug-likeness (QED) is 0.836. The molecular weight excluding hydrogens is 316 g/mol. The number of hydrogen-bond acceptors (Lipinski definition) is 4. The molecule has 6 nitrogen and oxygen atoms in total. The number of nitriles is 1. The molecule has 1 spiro atoms. The van der Waals surface area contributed by atoms with Crippen molar-refractivity contribution in [2.24, 2.45) is 11.3 Å². The number of carbonyl (C=O) groups is 2. The Bertz CT molecular complexity index is 593. The van der Waals surface area contributed by atoms with Crippen LogP contribution in [0.5, 0.6) is 0 Å². The van der Waals surface area contributed by atoms with Crippen molar-refractivity contribution in [1.29, 1.82) is 5.26 Å². The van der Waals surface area contributed by atoms with Crippen LogP contribution in [0.4, 0.5) is 0 Å². The lowest BCUT2D eigenvalue weighted by atomic mass is 9.80. The number of carbonyl (C=O) groups excluding carboxylic acids is 2. The van der Waals surface area contributed by atoms with E-state index in [1.165, 1.54) is 12.8 Å². The van der Waals surface area contributed by atoms with Crippen molar-refractivity contribution < 1.29 is 9.59 Å². The highest BCUT2D eigenvalue weighted by atomic mass is 16.2. The maximum atomic E-state index is 13.0. The maximum absolute atomic E-state index is 13.0. The van der Waals surface area contributed by atoms with Crippen LogP contribution >= 0.6 is 0 Å². The average molecular weight is 344 g/mol. The summed E-state index contributed by atoms with van der Waals surface area (Å²) in [5.74, 6) is 0.900. The van der Waals surface area contributed by atoms with E-state index < -0.39 is 11.0 Å². The van der Waals surface area contributed by atoms with Crippen LogP contribution in [-0.2, 0) is 9.59 Å². The summed E-state index contributed by atoms with van der Waals surface area (Å²) >= 11 is 0. The maximum Gasteiger partial charge on any atom is 0.243 e. The molecule has 2 aliphatic heterocycles. The Morgan fingerprint density at radius 1 is 1.16 bits per heavy atom. The first-order chi connectivity index (χ1) is 12.1. The minimum absolute atomic E-state index is 0.00677. The third-order valence-corrected chi connectivity index (χ3v) is 6.83. The molecule has 1 N–H and O–H groups in total. The number of amides is 2. The molecule has 4 rings (SSSR count). The van der Waals surface area contributed by atoms with Gasteiger partial charge in [-0.1, -0.05) is 12.8 Å². The van der Waals surface area contributed by atoms with Crippen LogP contribution in [-0.4, -0.2) is 59.9 Å². The highest BCUT2D eigenvalue weighted by Gasteiger charge is 2.51. The summed E-state index contributed by atoms with van der Waals surface area (Å²) < 4.78 is 0. The highest BCUT2D eigenvalue weighted by Crippen LogP contribution is 2.41. The van der Waals surface area contributed by atoms with Gasteiger partial charge in [0.25, 0.3) is 0 Å². The first-order valence-corrected chi connectivity index (χ1v) is 9.84. The molecule has 2 amide bonds. The second kappa shape index (κ2) is 6.28. The van der Waals surface area contributed by atoms with Crippen molar-refractivity contribution in [3.8, 4) is 6.07 Å². The van der Waals surface area contributed by atoms with Crippen LogP contribution in [0, 0.1) is 22.7 Å². The lowest BCUT2D eigenvalue weighted by Gasteiger charge is -2.50. The second-order valence-electron chi connectivity index (χ2n) is 8.37. The largest absolute Gasteiger partial charge is 0.353 e. The molecule has 0 atom stereocenters. The number of piperidine rings is 1. The molecule has 2 saturated carbocycles. The smallest absolute Gasteiger partial charge is 0.243 e. The van der Waals surface area contributed by atoms with Gasteiger partial charge in [-0.05, 0) is 44.4 Å². The molecule has 0 aromatic rings. The number of nitrogens with zero attached hydrogens (tertiary/aromatic N) is 3. The molecule has 2 heterocycles. The Kier molecular flexibility index (Phi) is 4.23. The molecule has 0 aromatic carbocycles. The summed E-state index contributed by atoms with van der Waals surface area (Å²) in [5, 5.41) is 12.6. The van der Waals surface area contributed by atoms with E-state index in [-0.39, 0.29) is 11.8 Å². The van der Waals surface area contributed by atoms with Gasteiger partial charge in [-0.2, -0.15) is 5.26 Å². The topological polar surface area (TPSA) is 76.4 Å². The van der Waals surface area contributed by atoms with E-state index in [2.05, 4.69) is 16.3 Å². The number of piperazine rings is 1. The Morgan fingerprint density at radius 3 is 2.44 bits per heavy atom. The van der Waals surface area contributed by atoms with E-state index in [1.807, 2.05) is 4.90 Å². The Labute approximate surface area is 149 Å². The lowest BCUT2D eigenvalue weighted by molar-refractivity contribution is -0.149. The summed E-state index contributed by atoms with van der Waals surface area (Å²) in [4.78, 5) is 29.9. The standard InChI is InChI=1S/C19H28N4O2/c20-14-18(5-1-2-6-18)17(25)22-10-7-19(8-11-22)16(24)21-9-12-23(19)13-15-3-4-15/h15H,1-13H2,(H,21,24). The number of nitrogens with one attached hydrogen (secondary N) is 1. The van der Waals surface area contributed by atoms with Gasteiger partial charge in [-0.15, -0.1) is 0 Å². The first-order valence-electron chi connectivity index (χ1n) is 9.84. The van der Waals surface area contributed by atoms with Crippen molar-refractivity contribution in [2.75, 3.05) is 32.7 Å². The molecule has 136 valence electrons. The first kappa shape index (κ1) is 16.8. The minimum atomic E-state index is -0.799. The van der Waals surface area contributed by atoms with Crippen LogP contribution in [0.2, 0.25) is 0 Å². The van der Waals surface area contributed by atoms with Gasteiger partial charge in [-0.3, -0.25) is 14.5 Å². The monoisotopic (exact) mass is 344 g/mol. The third kappa shape index (κ3) is 2.83. The summed E-state index contributed by atoms with van der Waals surface area (Å²) in [5.41, 5.74) is -1.24. The van der Waals surface area contributed by atoms with E-state index in [0.717, 1.165) is 38.4 Å². The average Bonchev–Trinajstić information content (AvgIpc) is 3.32. The SMILES string of the molecule is N#CC1(C(=O)N2CCC3(CC2)C(=O)NCCN3CC2CC2)CCCC1. The fourth-order valence-electron chi connectivity index (χ4n) is 4.98. The molecule has 0 unspecified atom stereocenters.